The molecule has 0 radical (unpaired) electrons. The van der Waals surface area contributed by atoms with Crippen molar-refractivity contribution in [2.75, 3.05) is 31.1 Å². The highest BCUT2D eigenvalue weighted by atomic mass is 19.1. The number of halogens is 2. The minimum absolute atomic E-state index is 0.430. The standard InChI is InChI=1S/C21H26F2N4/c22-19-9-17(10-20(23)11-19)8-16-4-7-26(14-16)15-18-12-24-21(25-13-18)27-5-2-1-3-6-27/h9-13,16H,1-8,14-15H2. The van der Waals surface area contributed by atoms with Gasteiger partial charge in [-0.3, -0.25) is 4.90 Å². The van der Waals surface area contributed by atoms with Crippen LogP contribution in [0.15, 0.2) is 30.6 Å². The number of hydrogen-bond donors (Lipinski definition) is 0. The van der Waals surface area contributed by atoms with Crippen molar-refractivity contribution in [2.24, 2.45) is 5.92 Å². The quantitative estimate of drug-likeness (QED) is 0.799. The molecule has 6 heteroatoms. The molecule has 0 aliphatic carbocycles. The number of piperidine rings is 1. The van der Waals surface area contributed by atoms with Gasteiger partial charge < -0.3 is 4.90 Å². The molecule has 2 aliphatic heterocycles. The van der Waals surface area contributed by atoms with Crippen molar-refractivity contribution < 1.29 is 8.78 Å². The van der Waals surface area contributed by atoms with E-state index in [0.29, 0.717) is 5.92 Å². The molecular weight excluding hydrogens is 346 g/mol. The third-order valence-electron chi connectivity index (χ3n) is 5.55. The average molecular weight is 372 g/mol. The number of hydrogen-bond acceptors (Lipinski definition) is 4. The van der Waals surface area contributed by atoms with Crippen LogP contribution < -0.4 is 4.90 Å². The van der Waals surface area contributed by atoms with Crippen LogP contribution in [-0.2, 0) is 13.0 Å². The van der Waals surface area contributed by atoms with Gasteiger partial charge in [-0.2, -0.15) is 0 Å². The van der Waals surface area contributed by atoms with Gasteiger partial charge in [-0.25, -0.2) is 18.7 Å². The summed E-state index contributed by atoms with van der Waals surface area (Å²) in [5.41, 5.74) is 1.86. The van der Waals surface area contributed by atoms with E-state index in [1.165, 1.54) is 31.4 Å². The summed E-state index contributed by atoms with van der Waals surface area (Å²) < 4.78 is 26.7. The first-order chi connectivity index (χ1) is 13.2. The second-order valence-corrected chi connectivity index (χ2v) is 7.81. The first kappa shape index (κ1) is 18.3. The number of anilines is 1. The molecule has 2 saturated heterocycles. The third kappa shape index (κ3) is 4.80. The van der Waals surface area contributed by atoms with Crippen molar-refractivity contribution >= 4 is 5.95 Å². The maximum atomic E-state index is 13.4. The topological polar surface area (TPSA) is 32.3 Å². The van der Waals surface area contributed by atoms with Gasteiger partial charge in [0.05, 0.1) is 0 Å². The molecule has 4 nitrogen and oxygen atoms in total. The van der Waals surface area contributed by atoms with E-state index in [0.717, 1.165) is 68.7 Å². The van der Waals surface area contributed by atoms with Gasteiger partial charge in [0.25, 0.3) is 0 Å². The molecule has 1 unspecified atom stereocenters. The van der Waals surface area contributed by atoms with E-state index in [-0.39, 0.29) is 0 Å². The highest BCUT2D eigenvalue weighted by molar-refractivity contribution is 5.30. The van der Waals surface area contributed by atoms with Crippen molar-refractivity contribution in [2.45, 2.75) is 38.6 Å². The van der Waals surface area contributed by atoms with Crippen LogP contribution in [-0.4, -0.2) is 41.0 Å². The fourth-order valence-corrected chi connectivity index (χ4v) is 4.23. The Morgan fingerprint density at radius 1 is 0.889 bits per heavy atom. The molecule has 0 spiro atoms. The van der Waals surface area contributed by atoms with Crippen LogP contribution in [0.3, 0.4) is 0 Å². The highest BCUT2D eigenvalue weighted by Crippen LogP contribution is 2.23. The van der Waals surface area contributed by atoms with Crippen LogP contribution in [0.4, 0.5) is 14.7 Å². The predicted molar refractivity (Wildman–Crippen MR) is 102 cm³/mol. The maximum absolute atomic E-state index is 13.4. The number of benzene rings is 1. The number of aromatic nitrogens is 2. The molecule has 2 aromatic rings. The van der Waals surface area contributed by atoms with Crippen LogP contribution in [0.25, 0.3) is 0 Å². The summed E-state index contributed by atoms with van der Waals surface area (Å²) in [5.74, 6) is 0.280. The second kappa shape index (κ2) is 8.30. The molecular formula is C21H26F2N4. The lowest BCUT2D eigenvalue weighted by atomic mass is 9.98. The van der Waals surface area contributed by atoms with Crippen molar-refractivity contribution in [1.82, 2.24) is 14.9 Å². The van der Waals surface area contributed by atoms with E-state index in [9.17, 15) is 8.78 Å². The molecule has 0 amide bonds. The molecule has 0 N–H and O–H groups in total. The largest absolute Gasteiger partial charge is 0.341 e. The van der Waals surface area contributed by atoms with Gasteiger partial charge in [-0.05, 0) is 62.3 Å². The molecule has 144 valence electrons. The van der Waals surface area contributed by atoms with E-state index in [1.807, 2.05) is 12.4 Å². The Balaban J connectivity index is 1.30. The first-order valence-electron chi connectivity index (χ1n) is 9.89. The van der Waals surface area contributed by atoms with E-state index < -0.39 is 11.6 Å². The molecule has 4 rings (SSSR count). The summed E-state index contributed by atoms with van der Waals surface area (Å²) in [6.45, 7) is 4.86. The van der Waals surface area contributed by atoms with Crippen LogP contribution in [0.5, 0.6) is 0 Å². The van der Waals surface area contributed by atoms with Crippen molar-refractivity contribution in [1.29, 1.82) is 0 Å². The van der Waals surface area contributed by atoms with Crippen LogP contribution >= 0.6 is 0 Å². The Morgan fingerprint density at radius 3 is 2.30 bits per heavy atom. The molecule has 0 bridgehead atoms. The lowest BCUT2D eigenvalue weighted by Gasteiger charge is -2.26. The predicted octanol–water partition coefficient (Wildman–Crippen LogP) is 3.81. The lowest BCUT2D eigenvalue weighted by Crippen LogP contribution is -2.31. The summed E-state index contributed by atoms with van der Waals surface area (Å²) in [6.07, 6.45) is 9.37. The SMILES string of the molecule is Fc1cc(F)cc(CC2CCN(Cc3cnc(N4CCCCC4)nc3)C2)c1. The van der Waals surface area contributed by atoms with Crippen LogP contribution in [0.2, 0.25) is 0 Å². The first-order valence-corrected chi connectivity index (χ1v) is 9.89. The zero-order valence-corrected chi connectivity index (χ0v) is 15.6. The summed E-state index contributed by atoms with van der Waals surface area (Å²) in [4.78, 5) is 13.7. The Morgan fingerprint density at radius 2 is 1.59 bits per heavy atom. The molecule has 1 aromatic carbocycles. The van der Waals surface area contributed by atoms with E-state index in [4.69, 9.17) is 0 Å². The maximum Gasteiger partial charge on any atom is 0.225 e. The van der Waals surface area contributed by atoms with E-state index in [1.54, 1.807) is 0 Å². The number of rotatable bonds is 5. The van der Waals surface area contributed by atoms with Crippen LogP contribution in [0.1, 0.15) is 36.8 Å². The van der Waals surface area contributed by atoms with Crippen molar-refractivity contribution in [3.8, 4) is 0 Å². The molecule has 2 aliphatic rings. The van der Waals surface area contributed by atoms with Crippen LogP contribution in [0, 0.1) is 17.6 Å². The van der Waals surface area contributed by atoms with Gasteiger partial charge in [-0.15, -0.1) is 0 Å². The normalized spacial score (nSPS) is 21.0. The van der Waals surface area contributed by atoms with Gasteiger partial charge in [0.2, 0.25) is 5.95 Å². The monoisotopic (exact) mass is 372 g/mol. The Kier molecular flexibility index (Phi) is 5.62. The molecule has 27 heavy (non-hydrogen) atoms. The fraction of sp³-hybridized carbons (Fsp3) is 0.524. The van der Waals surface area contributed by atoms with Crippen molar-refractivity contribution in [3.63, 3.8) is 0 Å². The van der Waals surface area contributed by atoms with E-state index in [2.05, 4.69) is 19.8 Å². The third-order valence-corrected chi connectivity index (χ3v) is 5.55. The van der Waals surface area contributed by atoms with Gasteiger partial charge >= 0.3 is 0 Å². The average Bonchev–Trinajstić information content (AvgIpc) is 3.09. The molecule has 2 fully saturated rings. The number of likely N-dealkylation sites (tertiary alicyclic amines) is 1. The Hall–Kier alpha value is -2.08. The molecule has 1 aromatic heterocycles. The highest BCUT2D eigenvalue weighted by Gasteiger charge is 2.23. The van der Waals surface area contributed by atoms with Gasteiger partial charge in [0, 0.05) is 50.2 Å². The fourth-order valence-electron chi connectivity index (χ4n) is 4.23. The van der Waals surface area contributed by atoms with Gasteiger partial charge in [0.15, 0.2) is 0 Å². The summed E-state index contributed by atoms with van der Waals surface area (Å²) in [7, 11) is 0. The van der Waals surface area contributed by atoms with E-state index >= 15 is 0 Å². The number of nitrogens with zero attached hydrogens (tertiary/aromatic N) is 4. The zero-order chi connectivity index (χ0) is 18.6. The lowest BCUT2D eigenvalue weighted by molar-refractivity contribution is 0.315. The smallest absolute Gasteiger partial charge is 0.225 e. The molecule has 0 saturated carbocycles. The minimum Gasteiger partial charge on any atom is -0.341 e. The summed E-state index contributed by atoms with van der Waals surface area (Å²) in [6, 6.07) is 3.82. The van der Waals surface area contributed by atoms with Gasteiger partial charge in [0.1, 0.15) is 11.6 Å². The Labute approximate surface area is 159 Å². The van der Waals surface area contributed by atoms with Gasteiger partial charge in [-0.1, -0.05) is 0 Å². The summed E-state index contributed by atoms with van der Waals surface area (Å²) >= 11 is 0. The minimum atomic E-state index is -0.495. The Bertz CT molecular complexity index is 739. The van der Waals surface area contributed by atoms with Crippen molar-refractivity contribution in [3.05, 3.63) is 53.4 Å². The second-order valence-electron chi connectivity index (χ2n) is 7.81. The zero-order valence-electron chi connectivity index (χ0n) is 15.6. The molecule has 3 heterocycles. The molecule has 1 atom stereocenters. The summed E-state index contributed by atoms with van der Waals surface area (Å²) in [5, 5.41) is 0.